The van der Waals surface area contributed by atoms with Crippen LogP contribution in [0.1, 0.15) is 32.0 Å². The molecule has 0 bridgehead atoms. The molecule has 18 heavy (non-hydrogen) atoms. The molecule has 1 aromatic heterocycles. The van der Waals surface area contributed by atoms with Gasteiger partial charge in [-0.2, -0.15) is 5.10 Å². The first-order valence-corrected chi connectivity index (χ1v) is 6.81. The van der Waals surface area contributed by atoms with Gasteiger partial charge in [0.2, 0.25) is 0 Å². The molecule has 1 fully saturated rings. The summed E-state index contributed by atoms with van der Waals surface area (Å²) in [5, 5.41) is 8.39. The second-order valence-corrected chi connectivity index (χ2v) is 4.62. The predicted octanol–water partition coefficient (Wildman–Crippen LogP) is 1.97. The largest absolute Gasteiger partial charge is 0.350 e. The summed E-state index contributed by atoms with van der Waals surface area (Å²) < 4.78 is 12.9. The van der Waals surface area contributed by atoms with Crippen LogP contribution in [0.3, 0.4) is 0 Å². The highest BCUT2D eigenvalue weighted by atomic mass is 35.5. The summed E-state index contributed by atoms with van der Waals surface area (Å²) in [4.78, 5) is 0. The highest BCUT2D eigenvalue weighted by molar-refractivity contribution is 6.31. The van der Waals surface area contributed by atoms with E-state index in [2.05, 4.69) is 24.3 Å². The lowest BCUT2D eigenvalue weighted by molar-refractivity contribution is -0.0533. The molecule has 2 rings (SSSR count). The Balaban J connectivity index is 2.14. The van der Waals surface area contributed by atoms with Gasteiger partial charge < -0.3 is 14.8 Å². The van der Waals surface area contributed by atoms with E-state index in [9.17, 15) is 0 Å². The van der Waals surface area contributed by atoms with Crippen LogP contribution < -0.4 is 5.32 Å². The minimum absolute atomic E-state index is 0.105. The van der Waals surface area contributed by atoms with Gasteiger partial charge in [-0.3, -0.25) is 4.68 Å². The summed E-state index contributed by atoms with van der Waals surface area (Å²) in [6, 6.07) is 0.105. The van der Waals surface area contributed by atoms with Gasteiger partial charge in [0.1, 0.15) is 0 Å². The van der Waals surface area contributed by atoms with Crippen molar-refractivity contribution in [1.82, 2.24) is 15.1 Å². The van der Waals surface area contributed by atoms with Gasteiger partial charge in [0, 0.05) is 13.0 Å². The molecule has 1 saturated heterocycles. The van der Waals surface area contributed by atoms with E-state index >= 15 is 0 Å². The fraction of sp³-hybridized carbons (Fsp3) is 0.750. The molecule has 0 spiro atoms. The van der Waals surface area contributed by atoms with E-state index in [0.29, 0.717) is 18.2 Å². The molecular formula is C12H20ClN3O2. The summed E-state index contributed by atoms with van der Waals surface area (Å²) in [5.41, 5.74) is 1.01. The molecule has 2 heterocycles. The zero-order valence-electron chi connectivity index (χ0n) is 10.9. The van der Waals surface area contributed by atoms with E-state index in [4.69, 9.17) is 21.1 Å². The van der Waals surface area contributed by atoms with Crippen LogP contribution in [0.2, 0.25) is 5.02 Å². The lowest BCUT2D eigenvalue weighted by atomic mass is 10.1. The van der Waals surface area contributed by atoms with Gasteiger partial charge in [-0.1, -0.05) is 18.5 Å². The minimum Gasteiger partial charge on any atom is -0.350 e. The third-order valence-corrected chi connectivity index (χ3v) is 3.32. The molecular weight excluding hydrogens is 254 g/mol. The van der Waals surface area contributed by atoms with Crippen molar-refractivity contribution in [2.24, 2.45) is 0 Å². The number of nitrogens with one attached hydrogen (secondary N) is 1. The quantitative estimate of drug-likeness (QED) is 0.861. The maximum Gasteiger partial charge on any atom is 0.159 e. The molecule has 1 N–H and O–H groups in total. The Hall–Kier alpha value is -0.620. The normalized spacial score (nSPS) is 18.4. The van der Waals surface area contributed by atoms with Crippen LogP contribution in [0, 0.1) is 0 Å². The number of hydrogen-bond acceptors (Lipinski definition) is 4. The summed E-state index contributed by atoms with van der Waals surface area (Å²) in [5.74, 6) is 0. The molecule has 1 aromatic rings. The Bertz CT molecular complexity index is 377. The second-order valence-electron chi connectivity index (χ2n) is 4.21. The Morgan fingerprint density at radius 1 is 1.50 bits per heavy atom. The molecule has 5 nitrogen and oxygen atoms in total. The number of hydrogen-bond donors (Lipinski definition) is 1. The molecule has 1 atom stereocenters. The minimum atomic E-state index is -0.148. The Morgan fingerprint density at radius 2 is 2.22 bits per heavy atom. The smallest absolute Gasteiger partial charge is 0.159 e. The molecule has 0 saturated carbocycles. The van der Waals surface area contributed by atoms with E-state index in [1.165, 1.54) is 0 Å². The first kappa shape index (κ1) is 13.8. The van der Waals surface area contributed by atoms with Crippen molar-refractivity contribution in [2.45, 2.75) is 39.1 Å². The maximum absolute atomic E-state index is 6.23. The third kappa shape index (κ3) is 3.03. The lowest BCUT2D eigenvalue weighted by Crippen LogP contribution is -2.28. The van der Waals surface area contributed by atoms with Gasteiger partial charge in [0.05, 0.1) is 36.2 Å². The van der Waals surface area contributed by atoms with Crippen LogP contribution in [-0.4, -0.2) is 35.8 Å². The number of aromatic nitrogens is 2. The molecule has 0 aromatic carbocycles. The van der Waals surface area contributed by atoms with Gasteiger partial charge in [0.25, 0.3) is 0 Å². The van der Waals surface area contributed by atoms with Crippen molar-refractivity contribution in [3.8, 4) is 0 Å². The molecule has 0 aliphatic carbocycles. The standard InChI is InChI=1S/C12H20ClN3O2/c1-3-14-10(7-11-17-5-6-18-11)12-9(13)8-15-16(12)4-2/h8,10-11,14H,3-7H2,1-2H3. The van der Waals surface area contributed by atoms with Crippen molar-refractivity contribution in [2.75, 3.05) is 19.8 Å². The van der Waals surface area contributed by atoms with Gasteiger partial charge >= 0.3 is 0 Å². The number of rotatable bonds is 6. The molecule has 102 valence electrons. The highest BCUT2D eigenvalue weighted by Crippen LogP contribution is 2.28. The number of aryl methyl sites for hydroxylation is 1. The zero-order chi connectivity index (χ0) is 13.0. The fourth-order valence-corrected chi connectivity index (χ4v) is 2.52. The molecule has 1 unspecified atom stereocenters. The van der Waals surface area contributed by atoms with E-state index in [-0.39, 0.29) is 12.3 Å². The van der Waals surface area contributed by atoms with Crippen molar-refractivity contribution < 1.29 is 9.47 Å². The number of nitrogens with zero attached hydrogens (tertiary/aromatic N) is 2. The summed E-state index contributed by atoms with van der Waals surface area (Å²) in [6.07, 6.45) is 2.30. The van der Waals surface area contributed by atoms with Crippen LogP contribution in [0.4, 0.5) is 0 Å². The summed E-state index contributed by atoms with van der Waals surface area (Å²) in [6.45, 7) is 7.13. The molecule has 0 amide bonds. The summed E-state index contributed by atoms with van der Waals surface area (Å²) >= 11 is 6.23. The lowest BCUT2D eigenvalue weighted by Gasteiger charge is -2.22. The summed E-state index contributed by atoms with van der Waals surface area (Å²) in [7, 11) is 0. The van der Waals surface area contributed by atoms with Crippen LogP contribution >= 0.6 is 11.6 Å². The predicted molar refractivity (Wildman–Crippen MR) is 69.6 cm³/mol. The van der Waals surface area contributed by atoms with Crippen LogP contribution in [0.15, 0.2) is 6.20 Å². The van der Waals surface area contributed by atoms with Crippen molar-refractivity contribution in [3.05, 3.63) is 16.9 Å². The van der Waals surface area contributed by atoms with Crippen LogP contribution in [0.5, 0.6) is 0 Å². The van der Waals surface area contributed by atoms with Gasteiger partial charge in [0.15, 0.2) is 6.29 Å². The fourth-order valence-electron chi connectivity index (χ4n) is 2.24. The molecule has 1 aliphatic rings. The first-order valence-electron chi connectivity index (χ1n) is 6.44. The van der Waals surface area contributed by atoms with E-state index < -0.39 is 0 Å². The van der Waals surface area contributed by atoms with E-state index in [1.54, 1.807) is 6.20 Å². The van der Waals surface area contributed by atoms with E-state index in [1.807, 2.05) is 4.68 Å². The number of halogens is 1. The van der Waals surface area contributed by atoms with Crippen molar-refractivity contribution >= 4 is 11.6 Å². The second kappa shape index (κ2) is 6.52. The highest BCUT2D eigenvalue weighted by Gasteiger charge is 2.26. The van der Waals surface area contributed by atoms with Gasteiger partial charge in [-0.25, -0.2) is 0 Å². The average Bonchev–Trinajstić information content (AvgIpc) is 2.98. The first-order chi connectivity index (χ1) is 8.76. The number of ether oxygens (including phenoxy) is 2. The maximum atomic E-state index is 6.23. The monoisotopic (exact) mass is 273 g/mol. The van der Waals surface area contributed by atoms with Crippen molar-refractivity contribution in [3.63, 3.8) is 0 Å². The van der Waals surface area contributed by atoms with Gasteiger partial charge in [-0.05, 0) is 13.5 Å². The third-order valence-electron chi connectivity index (χ3n) is 3.03. The molecule has 6 heteroatoms. The topological polar surface area (TPSA) is 48.3 Å². The molecule has 0 radical (unpaired) electrons. The van der Waals surface area contributed by atoms with Gasteiger partial charge in [-0.15, -0.1) is 0 Å². The molecule has 1 aliphatic heterocycles. The Kier molecular flexibility index (Phi) is 5.00. The zero-order valence-corrected chi connectivity index (χ0v) is 11.6. The average molecular weight is 274 g/mol. The Morgan fingerprint density at radius 3 is 2.83 bits per heavy atom. The SMILES string of the molecule is CCNC(CC1OCCO1)c1c(Cl)cnn1CC. The van der Waals surface area contributed by atoms with Crippen LogP contribution in [-0.2, 0) is 16.0 Å². The Labute approximate surface area is 112 Å². The van der Waals surface area contributed by atoms with E-state index in [0.717, 1.165) is 25.2 Å². The van der Waals surface area contributed by atoms with Crippen molar-refractivity contribution in [1.29, 1.82) is 0 Å². The van der Waals surface area contributed by atoms with Crippen LogP contribution in [0.25, 0.3) is 0 Å².